The van der Waals surface area contributed by atoms with Crippen molar-refractivity contribution in [3.63, 3.8) is 0 Å². The van der Waals surface area contributed by atoms with Crippen LogP contribution in [0.4, 0.5) is 10.1 Å². The summed E-state index contributed by atoms with van der Waals surface area (Å²) in [6.45, 7) is 2.40. The van der Waals surface area contributed by atoms with Gasteiger partial charge in [-0.25, -0.2) is 12.8 Å². The number of amides is 1. The van der Waals surface area contributed by atoms with Crippen LogP contribution in [0, 0.1) is 5.82 Å². The van der Waals surface area contributed by atoms with Crippen molar-refractivity contribution in [1.29, 1.82) is 0 Å². The molecule has 0 unspecified atom stereocenters. The van der Waals surface area contributed by atoms with Crippen LogP contribution in [0.5, 0.6) is 5.75 Å². The maximum absolute atomic E-state index is 13.8. The van der Waals surface area contributed by atoms with Gasteiger partial charge in [-0.1, -0.05) is 0 Å². The molecule has 2 aliphatic heterocycles. The highest BCUT2D eigenvalue weighted by atomic mass is 32.2. The number of rotatable bonds is 5. The molecule has 2 saturated heterocycles. The molecule has 0 spiro atoms. The van der Waals surface area contributed by atoms with E-state index in [9.17, 15) is 27.5 Å². The van der Waals surface area contributed by atoms with Crippen molar-refractivity contribution in [1.82, 2.24) is 9.21 Å². The number of hydrogen-bond donors (Lipinski definition) is 1. The van der Waals surface area contributed by atoms with Crippen LogP contribution in [-0.2, 0) is 10.0 Å². The first kappa shape index (κ1) is 22.2. The molecule has 0 saturated carbocycles. The Bertz CT molecular complexity index is 1120. The zero-order valence-electron chi connectivity index (χ0n) is 17.4. The Kier molecular flexibility index (Phi) is 6.16. The molecule has 0 atom stereocenters. The number of aromatic hydroxyl groups is 1. The Balaban J connectivity index is 1.43. The van der Waals surface area contributed by atoms with E-state index >= 15 is 0 Å². The Morgan fingerprint density at radius 2 is 1.59 bits per heavy atom. The highest BCUT2D eigenvalue weighted by Crippen LogP contribution is 2.26. The second-order valence-corrected chi connectivity index (χ2v) is 9.84. The molecule has 2 aliphatic rings. The molecule has 2 heterocycles. The number of carbonyl (C=O) groups is 2. The van der Waals surface area contributed by atoms with E-state index in [0.717, 1.165) is 43.8 Å². The highest BCUT2D eigenvalue weighted by Gasteiger charge is 2.31. The lowest BCUT2D eigenvalue weighted by Gasteiger charge is -2.34. The van der Waals surface area contributed by atoms with Crippen molar-refractivity contribution in [3.8, 4) is 5.75 Å². The van der Waals surface area contributed by atoms with E-state index in [1.165, 1.54) is 9.21 Å². The highest BCUT2D eigenvalue weighted by molar-refractivity contribution is 7.89. The third-order valence-electron chi connectivity index (χ3n) is 5.94. The maximum atomic E-state index is 13.8. The van der Waals surface area contributed by atoms with E-state index in [1.54, 1.807) is 12.1 Å². The normalized spacial score (nSPS) is 17.5. The van der Waals surface area contributed by atoms with Gasteiger partial charge in [-0.2, -0.15) is 4.31 Å². The molecule has 0 bridgehead atoms. The molecule has 2 aromatic carbocycles. The third kappa shape index (κ3) is 4.20. The second kappa shape index (κ2) is 8.87. The van der Waals surface area contributed by atoms with E-state index in [0.29, 0.717) is 0 Å². The molecular weight excluding hydrogens is 437 g/mol. The number of benzene rings is 2. The Morgan fingerprint density at radius 3 is 2.19 bits per heavy atom. The van der Waals surface area contributed by atoms with Gasteiger partial charge in [0, 0.05) is 50.5 Å². The SMILES string of the molecule is O=Cc1cc(C(=O)N2CCN(S(=O)(=O)c3ccc(N4CCCC4)cc3)CC2)cc(F)c1O. The molecule has 170 valence electrons. The van der Waals surface area contributed by atoms with Gasteiger partial charge >= 0.3 is 0 Å². The summed E-state index contributed by atoms with van der Waals surface area (Å²) >= 11 is 0. The summed E-state index contributed by atoms with van der Waals surface area (Å²) in [5.74, 6) is -2.39. The van der Waals surface area contributed by atoms with Crippen LogP contribution in [0.15, 0.2) is 41.3 Å². The van der Waals surface area contributed by atoms with Crippen LogP contribution < -0.4 is 4.90 Å². The van der Waals surface area contributed by atoms with Gasteiger partial charge in [0.2, 0.25) is 10.0 Å². The average molecular weight is 462 g/mol. The largest absolute Gasteiger partial charge is 0.504 e. The summed E-state index contributed by atoms with van der Waals surface area (Å²) in [6.07, 6.45) is 2.54. The summed E-state index contributed by atoms with van der Waals surface area (Å²) in [7, 11) is -3.70. The fraction of sp³-hybridized carbons (Fsp3) is 0.364. The molecule has 32 heavy (non-hydrogen) atoms. The minimum Gasteiger partial charge on any atom is -0.504 e. The number of piperazine rings is 1. The molecular formula is C22H24FN3O5S. The first-order valence-corrected chi connectivity index (χ1v) is 11.9. The molecule has 0 aliphatic carbocycles. The molecule has 2 fully saturated rings. The summed E-state index contributed by atoms with van der Waals surface area (Å²) in [5.41, 5.74) is 0.621. The van der Waals surface area contributed by atoms with E-state index in [-0.39, 0.29) is 48.5 Å². The predicted octanol–water partition coefficient (Wildman–Crippen LogP) is 2.09. The maximum Gasteiger partial charge on any atom is 0.254 e. The first-order chi connectivity index (χ1) is 15.3. The van der Waals surface area contributed by atoms with Crippen LogP contribution in [0.3, 0.4) is 0 Å². The topological polar surface area (TPSA) is 98.2 Å². The smallest absolute Gasteiger partial charge is 0.254 e. The van der Waals surface area contributed by atoms with Crippen molar-refractivity contribution in [2.45, 2.75) is 17.7 Å². The summed E-state index contributed by atoms with van der Waals surface area (Å²) in [4.78, 5) is 27.5. The van der Waals surface area contributed by atoms with Crippen molar-refractivity contribution in [2.75, 3.05) is 44.2 Å². The number of carbonyl (C=O) groups excluding carboxylic acids is 2. The number of sulfonamides is 1. The Labute approximate surface area is 185 Å². The van der Waals surface area contributed by atoms with Gasteiger partial charge in [-0.3, -0.25) is 9.59 Å². The van der Waals surface area contributed by atoms with Gasteiger partial charge in [0.05, 0.1) is 10.5 Å². The third-order valence-corrected chi connectivity index (χ3v) is 7.85. The van der Waals surface area contributed by atoms with Gasteiger partial charge in [0.25, 0.3) is 5.91 Å². The van der Waals surface area contributed by atoms with E-state index in [2.05, 4.69) is 4.90 Å². The van der Waals surface area contributed by atoms with Gasteiger partial charge in [-0.15, -0.1) is 0 Å². The minimum atomic E-state index is -3.70. The van der Waals surface area contributed by atoms with Gasteiger partial charge in [-0.05, 0) is 49.2 Å². The van der Waals surface area contributed by atoms with Gasteiger partial charge in [0.1, 0.15) is 0 Å². The fourth-order valence-corrected chi connectivity index (χ4v) is 5.52. The van der Waals surface area contributed by atoms with Gasteiger partial charge in [0.15, 0.2) is 17.9 Å². The van der Waals surface area contributed by atoms with Crippen LogP contribution in [0.1, 0.15) is 33.6 Å². The second-order valence-electron chi connectivity index (χ2n) is 7.90. The number of phenolic OH excluding ortho intramolecular Hbond substituents is 1. The van der Waals surface area contributed by atoms with Gasteiger partial charge < -0.3 is 14.9 Å². The summed E-state index contributed by atoms with van der Waals surface area (Å²) in [5, 5.41) is 9.52. The minimum absolute atomic E-state index is 0.0730. The first-order valence-electron chi connectivity index (χ1n) is 10.4. The van der Waals surface area contributed by atoms with Crippen LogP contribution in [0.2, 0.25) is 0 Å². The molecule has 10 heteroatoms. The zero-order chi connectivity index (χ0) is 22.9. The number of halogens is 1. The van der Waals surface area contributed by atoms with E-state index in [4.69, 9.17) is 0 Å². The van der Waals surface area contributed by atoms with E-state index < -0.39 is 27.5 Å². The Hall–Kier alpha value is -2.98. The summed E-state index contributed by atoms with van der Waals surface area (Å²) in [6, 6.07) is 8.86. The number of phenols is 1. The van der Waals surface area contributed by atoms with Crippen molar-refractivity contribution < 1.29 is 27.5 Å². The molecule has 1 N–H and O–H groups in total. The fourth-order valence-electron chi connectivity index (χ4n) is 4.10. The lowest BCUT2D eigenvalue weighted by molar-refractivity contribution is 0.0697. The average Bonchev–Trinajstić information content (AvgIpc) is 3.35. The Morgan fingerprint density at radius 1 is 0.969 bits per heavy atom. The van der Waals surface area contributed by atoms with Crippen molar-refractivity contribution in [3.05, 3.63) is 53.3 Å². The molecule has 1 amide bonds. The molecule has 4 rings (SSSR count). The van der Waals surface area contributed by atoms with E-state index in [1.807, 2.05) is 12.1 Å². The van der Waals surface area contributed by atoms with Crippen molar-refractivity contribution in [2.24, 2.45) is 0 Å². The lowest BCUT2D eigenvalue weighted by Crippen LogP contribution is -2.50. The number of hydrogen-bond acceptors (Lipinski definition) is 6. The quantitative estimate of drug-likeness (QED) is 0.685. The zero-order valence-corrected chi connectivity index (χ0v) is 18.2. The van der Waals surface area contributed by atoms with Crippen LogP contribution >= 0.6 is 0 Å². The predicted molar refractivity (Wildman–Crippen MR) is 116 cm³/mol. The molecule has 0 aromatic heterocycles. The molecule has 0 radical (unpaired) electrons. The number of aldehydes is 1. The summed E-state index contributed by atoms with van der Waals surface area (Å²) < 4.78 is 41.2. The molecule has 2 aromatic rings. The molecule has 8 nitrogen and oxygen atoms in total. The monoisotopic (exact) mass is 461 g/mol. The standard InChI is InChI=1S/C22H24FN3O5S/c23-20-14-16(13-17(15-27)21(20)28)22(29)25-9-11-26(12-10-25)32(30,31)19-5-3-18(4-6-19)24-7-1-2-8-24/h3-6,13-15,28H,1-2,7-12H2. The lowest BCUT2D eigenvalue weighted by atomic mass is 10.1. The number of nitrogens with zero attached hydrogens (tertiary/aromatic N) is 3. The van der Waals surface area contributed by atoms with Crippen LogP contribution in [0.25, 0.3) is 0 Å². The number of anilines is 1. The van der Waals surface area contributed by atoms with Crippen LogP contribution in [-0.4, -0.2) is 74.2 Å². The van der Waals surface area contributed by atoms with Crippen molar-refractivity contribution >= 4 is 27.9 Å².